The molecule has 0 aromatic carbocycles. The predicted molar refractivity (Wildman–Crippen MR) is 116 cm³/mol. The molecule has 14 N–H and O–H groups in total. The summed E-state index contributed by atoms with van der Waals surface area (Å²) in [6.07, 6.45) is -16.0. The topological polar surface area (TPSA) is 272 Å². The number of ether oxygens (including phenoxy) is 4. The SMILES string of the molecule is NCC1O[C@H](O[C@@H]2C(N)C[C@@H](N)C(OC3O[C@H](COS)[C@@H](O)C(N)[C@H]3O)[C@H]2O)C(O)[C@@H](O)[C@@H]1O. The first-order valence-electron chi connectivity index (χ1n) is 10.9. The quantitative estimate of drug-likeness (QED) is 0.111. The number of aliphatic hydroxyl groups is 6. The summed E-state index contributed by atoms with van der Waals surface area (Å²) < 4.78 is 27.2. The fraction of sp³-hybridized carbons (Fsp3) is 1.00. The highest BCUT2D eigenvalue weighted by molar-refractivity contribution is 7.75. The molecule has 6 unspecified atom stereocenters. The normalized spacial score (nSPS) is 52.5. The van der Waals surface area contributed by atoms with Gasteiger partial charge in [0.25, 0.3) is 0 Å². The van der Waals surface area contributed by atoms with E-state index < -0.39 is 91.7 Å². The molecular weight excluding hydrogens is 480 g/mol. The Bertz CT molecular complexity index is 657. The second kappa shape index (κ2) is 11.9. The lowest BCUT2D eigenvalue weighted by atomic mass is 9.84. The Hall–Kier alpha value is -0.250. The van der Waals surface area contributed by atoms with E-state index in [1.54, 1.807) is 0 Å². The number of thiol groups is 1. The summed E-state index contributed by atoms with van der Waals surface area (Å²) in [6, 6.07) is -2.79. The monoisotopic (exact) mass is 516 g/mol. The third-order valence-electron chi connectivity index (χ3n) is 6.54. The van der Waals surface area contributed by atoms with Crippen molar-refractivity contribution < 1.29 is 53.8 Å². The highest BCUT2D eigenvalue weighted by Gasteiger charge is 2.51. The Kier molecular flexibility index (Phi) is 9.88. The molecule has 0 bridgehead atoms. The molecule has 1 aliphatic carbocycles. The third kappa shape index (κ3) is 5.67. The molecule has 3 rings (SSSR count). The number of aliphatic hydroxyl groups excluding tert-OH is 6. The number of rotatable bonds is 7. The Labute approximate surface area is 201 Å². The fourth-order valence-corrected chi connectivity index (χ4v) is 4.61. The van der Waals surface area contributed by atoms with Gasteiger partial charge in [0.05, 0.1) is 12.6 Å². The molecule has 0 spiro atoms. The van der Waals surface area contributed by atoms with Crippen molar-refractivity contribution >= 4 is 12.9 Å². The van der Waals surface area contributed by atoms with Crippen LogP contribution in [0.3, 0.4) is 0 Å². The van der Waals surface area contributed by atoms with Gasteiger partial charge in [-0.3, -0.25) is 0 Å². The van der Waals surface area contributed by atoms with Crippen molar-refractivity contribution in [2.75, 3.05) is 13.2 Å². The molecule has 2 saturated heterocycles. The van der Waals surface area contributed by atoms with E-state index in [2.05, 4.69) is 12.9 Å². The lowest BCUT2D eigenvalue weighted by Gasteiger charge is -2.48. The standard InChI is InChI=1S/C18H36N4O11S/c19-2-6-10(24)12(26)13(27)18(30-6)33-16-5(21)1-4(20)15(14(16)28)32-17-11(25)8(22)9(23)7(31-17)3-29-34/h4-18,23-28,34H,1-3,19-22H2/t4-,5?,6?,7-,8?,9-,10-,11-,12+,13?,14-,15?,16-,17?,18-/m1/s1. The Morgan fingerprint density at radius 1 is 0.706 bits per heavy atom. The molecule has 3 fully saturated rings. The van der Waals surface area contributed by atoms with Crippen LogP contribution >= 0.6 is 12.9 Å². The van der Waals surface area contributed by atoms with Gasteiger partial charge in [-0.1, -0.05) is 0 Å². The van der Waals surface area contributed by atoms with E-state index in [0.717, 1.165) is 0 Å². The first-order valence-corrected chi connectivity index (χ1v) is 11.3. The van der Waals surface area contributed by atoms with Crippen LogP contribution in [0.15, 0.2) is 0 Å². The molecule has 3 aliphatic rings. The maximum absolute atomic E-state index is 11.0. The summed E-state index contributed by atoms with van der Waals surface area (Å²) >= 11 is 3.63. The van der Waals surface area contributed by atoms with E-state index in [-0.39, 0.29) is 19.6 Å². The van der Waals surface area contributed by atoms with Gasteiger partial charge in [-0.25, -0.2) is 0 Å². The smallest absolute Gasteiger partial charge is 0.187 e. The van der Waals surface area contributed by atoms with Crippen LogP contribution in [0.1, 0.15) is 6.42 Å². The molecule has 200 valence electrons. The molecule has 15 nitrogen and oxygen atoms in total. The molecule has 34 heavy (non-hydrogen) atoms. The van der Waals surface area contributed by atoms with Crippen molar-refractivity contribution in [3.63, 3.8) is 0 Å². The maximum atomic E-state index is 11.0. The summed E-state index contributed by atoms with van der Waals surface area (Å²) in [5, 5.41) is 61.9. The first kappa shape index (κ1) is 28.3. The molecule has 1 saturated carbocycles. The van der Waals surface area contributed by atoms with Crippen molar-refractivity contribution in [1.29, 1.82) is 0 Å². The van der Waals surface area contributed by atoms with E-state index in [1.165, 1.54) is 0 Å². The molecule has 0 aromatic rings. The molecule has 2 heterocycles. The van der Waals surface area contributed by atoms with Crippen LogP contribution in [-0.2, 0) is 23.1 Å². The number of hydrogen-bond acceptors (Lipinski definition) is 16. The minimum absolute atomic E-state index is 0.0986. The Morgan fingerprint density at radius 2 is 1.24 bits per heavy atom. The van der Waals surface area contributed by atoms with E-state index >= 15 is 0 Å². The second-order valence-electron chi connectivity index (χ2n) is 8.90. The second-order valence-corrected chi connectivity index (χ2v) is 9.16. The third-order valence-corrected chi connectivity index (χ3v) is 6.69. The van der Waals surface area contributed by atoms with Gasteiger partial charge in [-0.15, -0.1) is 0 Å². The van der Waals surface area contributed by atoms with Gasteiger partial charge in [-0.2, -0.15) is 0 Å². The summed E-state index contributed by atoms with van der Waals surface area (Å²) in [5.41, 5.74) is 23.7. The lowest BCUT2D eigenvalue weighted by Crippen LogP contribution is -2.68. The summed E-state index contributed by atoms with van der Waals surface area (Å²) in [6.45, 7) is -0.325. The van der Waals surface area contributed by atoms with E-state index in [9.17, 15) is 30.6 Å². The van der Waals surface area contributed by atoms with E-state index in [0.29, 0.717) is 0 Å². The average molecular weight is 517 g/mol. The average Bonchev–Trinajstić information content (AvgIpc) is 2.80. The maximum Gasteiger partial charge on any atom is 0.187 e. The minimum atomic E-state index is -1.66. The van der Waals surface area contributed by atoms with E-state index in [4.69, 9.17) is 46.1 Å². The van der Waals surface area contributed by atoms with Crippen molar-refractivity contribution in [3.05, 3.63) is 0 Å². The lowest BCUT2D eigenvalue weighted by molar-refractivity contribution is -0.331. The molecule has 0 radical (unpaired) electrons. The molecule has 2 aliphatic heterocycles. The number of nitrogens with two attached hydrogens (primary N) is 4. The summed E-state index contributed by atoms with van der Waals surface area (Å²) in [4.78, 5) is 0. The van der Waals surface area contributed by atoms with Crippen molar-refractivity contribution in [3.8, 4) is 0 Å². The molecule has 0 amide bonds. The van der Waals surface area contributed by atoms with Gasteiger partial charge in [0, 0.05) is 18.6 Å². The molecule has 16 heteroatoms. The van der Waals surface area contributed by atoms with Crippen LogP contribution in [0, 0.1) is 0 Å². The Morgan fingerprint density at radius 3 is 1.76 bits per heavy atom. The zero-order valence-corrected chi connectivity index (χ0v) is 19.2. The van der Waals surface area contributed by atoms with Crippen LogP contribution in [0.25, 0.3) is 0 Å². The van der Waals surface area contributed by atoms with Crippen LogP contribution in [-0.4, -0.2) is 136 Å². The summed E-state index contributed by atoms with van der Waals surface area (Å²) in [5.74, 6) is 0. The van der Waals surface area contributed by atoms with E-state index in [1.807, 2.05) is 0 Å². The predicted octanol–water partition coefficient (Wildman–Crippen LogP) is -6.42. The zero-order valence-electron chi connectivity index (χ0n) is 18.3. The van der Waals surface area contributed by atoms with Crippen LogP contribution in [0.2, 0.25) is 0 Å². The van der Waals surface area contributed by atoms with Crippen LogP contribution in [0.4, 0.5) is 0 Å². The largest absolute Gasteiger partial charge is 0.389 e. The molecule has 0 aromatic heterocycles. The summed E-state index contributed by atoms with van der Waals surface area (Å²) in [7, 11) is 0. The number of hydrogen-bond donors (Lipinski definition) is 11. The highest BCUT2D eigenvalue weighted by Crippen LogP contribution is 2.31. The van der Waals surface area contributed by atoms with Crippen molar-refractivity contribution in [1.82, 2.24) is 0 Å². The van der Waals surface area contributed by atoms with Gasteiger partial charge in [0.1, 0.15) is 61.0 Å². The fourth-order valence-electron chi connectivity index (χ4n) is 4.46. The van der Waals surface area contributed by atoms with Gasteiger partial charge in [0.15, 0.2) is 12.6 Å². The minimum Gasteiger partial charge on any atom is -0.389 e. The van der Waals surface area contributed by atoms with Crippen LogP contribution < -0.4 is 22.9 Å². The Balaban J connectivity index is 1.72. The molecule has 15 atom stereocenters. The van der Waals surface area contributed by atoms with Crippen molar-refractivity contribution in [2.45, 2.75) is 98.2 Å². The highest BCUT2D eigenvalue weighted by atomic mass is 32.1. The van der Waals surface area contributed by atoms with Gasteiger partial charge in [-0.05, 0) is 19.3 Å². The zero-order chi connectivity index (χ0) is 25.3. The van der Waals surface area contributed by atoms with Crippen LogP contribution in [0.5, 0.6) is 0 Å². The van der Waals surface area contributed by atoms with Gasteiger partial charge in [0.2, 0.25) is 0 Å². The first-order chi connectivity index (χ1) is 16.0. The van der Waals surface area contributed by atoms with Crippen molar-refractivity contribution in [2.24, 2.45) is 22.9 Å². The molecular formula is C18H36N4O11S. The van der Waals surface area contributed by atoms with Gasteiger partial charge < -0.3 is 76.7 Å². The van der Waals surface area contributed by atoms with Gasteiger partial charge >= 0.3 is 0 Å².